The van der Waals surface area contributed by atoms with Crippen LogP contribution in [0.15, 0.2) is 42.6 Å². The van der Waals surface area contributed by atoms with Crippen molar-refractivity contribution in [3.63, 3.8) is 0 Å². The van der Waals surface area contributed by atoms with Crippen LogP contribution in [0.25, 0.3) is 0 Å². The summed E-state index contributed by atoms with van der Waals surface area (Å²) in [5.41, 5.74) is 3.59. The minimum atomic E-state index is 0.793. The number of benzene rings is 1. The molecule has 0 radical (unpaired) electrons. The summed E-state index contributed by atoms with van der Waals surface area (Å²) in [7, 11) is 0. The topological polar surface area (TPSA) is 34.1 Å². The molecular weight excluding hydrogens is 260 g/mol. The van der Waals surface area contributed by atoms with Gasteiger partial charge in [-0.2, -0.15) is 0 Å². The molecule has 1 aromatic heterocycles. The Morgan fingerprint density at radius 1 is 1.10 bits per heavy atom. The lowest BCUT2D eigenvalue weighted by Gasteiger charge is -2.08. The average Bonchev–Trinajstić information content (AvgIpc) is 2.51. The quantitative estimate of drug-likeness (QED) is 0.747. The molecule has 1 aromatic carbocycles. The SMILES string of the molecule is CCCCOc1ccc(CNCc2ncccc2C)cc1. The maximum Gasteiger partial charge on any atom is 0.119 e. The van der Waals surface area contributed by atoms with Gasteiger partial charge in [0.15, 0.2) is 0 Å². The van der Waals surface area contributed by atoms with Gasteiger partial charge in [-0.25, -0.2) is 0 Å². The number of pyridine rings is 1. The summed E-state index contributed by atoms with van der Waals surface area (Å²) >= 11 is 0. The molecule has 0 saturated heterocycles. The molecule has 3 heteroatoms. The van der Waals surface area contributed by atoms with Crippen LogP contribution in [0.4, 0.5) is 0 Å². The van der Waals surface area contributed by atoms with Crippen LogP contribution < -0.4 is 10.1 Å². The summed E-state index contributed by atoms with van der Waals surface area (Å²) in [6.07, 6.45) is 4.11. The van der Waals surface area contributed by atoms with Crippen LogP contribution in [-0.4, -0.2) is 11.6 Å². The second kappa shape index (κ2) is 8.42. The van der Waals surface area contributed by atoms with Crippen molar-refractivity contribution in [3.05, 3.63) is 59.4 Å². The number of hydrogen-bond acceptors (Lipinski definition) is 3. The Kier molecular flexibility index (Phi) is 6.22. The standard InChI is InChI=1S/C18H24N2O/c1-3-4-12-21-17-9-7-16(8-10-17)13-19-14-18-15(2)6-5-11-20-18/h5-11,19H,3-4,12-14H2,1-2H3. The fourth-order valence-corrected chi connectivity index (χ4v) is 2.07. The van der Waals surface area contributed by atoms with Gasteiger partial charge in [0.25, 0.3) is 0 Å². The van der Waals surface area contributed by atoms with E-state index in [1.807, 2.05) is 24.4 Å². The maximum atomic E-state index is 5.66. The van der Waals surface area contributed by atoms with E-state index in [4.69, 9.17) is 4.74 Å². The third kappa shape index (κ3) is 5.20. The van der Waals surface area contributed by atoms with Gasteiger partial charge in [-0.15, -0.1) is 0 Å². The van der Waals surface area contributed by atoms with E-state index in [0.717, 1.165) is 44.0 Å². The van der Waals surface area contributed by atoms with E-state index in [0.29, 0.717) is 0 Å². The van der Waals surface area contributed by atoms with E-state index < -0.39 is 0 Å². The third-order valence-corrected chi connectivity index (χ3v) is 3.43. The fourth-order valence-electron chi connectivity index (χ4n) is 2.07. The molecule has 2 aromatic rings. The minimum absolute atomic E-state index is 0.793. The van der Waals surface area contributed by atoms with Gasteiger partial charge in [0.05, 0.1) is 12.3 Å². The lowest BCUT2D eigenvalue weighted by atomic mass is 10.2. The average molecular weight is 284 g/mol. The largest absolute Gasteiger partial charge is 0.494 e. The predicted molar refractivity (Wildman–Crippen MR) is 86.4 cm³/mol. The lowest BCUT2D eigenvalue weighted by molar-refractivity contribution is 0.309. The van der Waals surface area contributed by atoms with E-state index in [1.54, 1.807) is 0 Å². The maximum absolute atomic E-state index is 5.66. The van der Waals surface area contributed by atoms with Crippen molar-refractivity contribution < 1.29 is 4.74 Å². The molecule has 112 valence electrons. The highest BCUT2D eigenvalue weighted by Gasteiger charge is 1.99. The van der Waals surface area contributed by atoms with E-state index in [9.17, 15) is 0 Å². The first kappa shape index (κ1) is 15.5. The Balaban J connectivity index is 1.77. The van der Waals surface area contributed by atoms with Gasteiger partial charge in [-0.05, 0) is 42.7 Å². The molecule has 0 fully saturated rings. The van der Waals surface area contributed by atoms with Gasteiger partial charge < -0.3 is 10.1 Å². The predicted octanol–water partition coefficient (Wildman–Crippen LogP) is 3.86. The van der Waals surface area contributed by atoms with Crippen molar-refractivity contribution >= 4 is 0 Å². The molecule has 0 saturated carbocycles. The Morgan fingerprint density at radius 2 is 1.90 bits per heavy atom. The zero-order valence-electron chi connectivity index (χ0n) is 12.9. The van der Waals surface area contributed by atoms with Crippen LogP contribution in [0, 0.1) is 6.92 Å². The molecule has 0 aliphatic carbocycles. The molecule has 0 bridgehead atoms. The number of nitrogens with one attached hydrogen (secondary N) is 1. The third-order valence-electron chi connectivity index (χ3n) is 3.43. The van der Waals surface area contributed by atoms with Gasteiger partial charge in [-0.3, -0.25) is 4.98 Å². The van der Waals surface area contributed by atoms with Crippen LogP contribution in [-0.2, 0) is 13.1 Å². The molecule has 0 atom stereocenters. The summed E-state index contributed by atoms with van der Waals surface area (Å²) in [6.45, 7) is 6.69. The molecular formula is C18H24N2O. The van der Waals surface area contributed by atoms with Gasteiger partial charge >= 0.3 is 0 Å². The zero-order valence-corrected chi connectivity index (χ0v) is 12.9. The van der Waals surface area contributed by atoms with Crippen LogP contribution in [0.3, 0.4) is 0 Å². The second-order valence-corrected chi connectivity index (χ2v) is 5.22. The Labute approximate surface area is 127 Å². The van der Waals surface area contributed by atoms with E-state index >= 15 is 0 Å². The van der Waals surface area contributed by atoms with Crippen LogP contribution in [0.5, 0.6) is 5.75 Å². The van der Waals surface area contributed by atoms with Crippen molar-refractivity contribution in [2.24, 2.45) is 0 Å². The number of ether oxygens (including phenoxy) is 1. The number of unbranched alkanes of at least 4 members (excludes halogenated alkanes) is 1. The number of nitrogens with zero attached hydrogens (tertiary/aromatic N) is 1. The van der Waals surface area contributed by atoms with Crippen molar-refractivity contribution in [2.45, 2.75) is 39.8 Å². The molecule has 0 aliphatic heterocycles. The highest BCUT2D eigenvalue weighted by Crippen LogP contribution is 2.13. The number of aryl methyl sites for hydroxylation is 1. The monoisotopic (exact) mass is 284 g/mol. The van der Waals surface area contributed by atoms with Crippen molar-refractivity contribution in [2.75, 3.05) is 6.61 Å². The second-order valence-electron chi connectivity index (χ2n) is 5.22. The number of aromatic nitrogens is 1. The zero-order chi connectivity index (χ0) is 14.9. The summed E-state index contributed by atoms with van der Waals surface area (Å²) in [5, 5.41) is 3.43. The molecule has 1 heterocycles. The first-order chi connectivity index (χ1) is 10.3. The summed E-state index contributed by atoms with van der Waals surface area (Å²) in [5.74, 6) is 0.952. The van der Waals surface area contributed by atoms with E-state index in [-0.39, 0.29) is 0 Å². The van der Waals surface area contributed by atoms with Gasteiger partial charge in [0, 0.05) is 19.3 Å². The highest BCUT2D eigenvalue weighted by atomic mass is 16.5. The molecule has 0 aliphatic rings. The Hall–Kier alpha value is -1.87. The van der Waals surface area contributed by atoms with Crippen molar-refractivity contribution in [1.29, 1.82) is 0 Å². The first-order valence-corrected chi connectivity index (χ1v) is 7.62. The van der Waals surface area contributed by atoms with Crippen molar-refractivity contribution in [1.82, 2.24) is 10.3 Å². The smallest absolute Gasteiger partial charge is 0.119 e. The van der Waals surface area contributed by atoms with Gasteiger partial charge in [-0.1, -0.05) is 31.5 Å². The number of hydrogen-bond donors (Lipinski definition) is 1. The first-order valence-electron chi connectivity index (χ1n) is 7.62. The van der Waals surface area contributed by atoms with Crippen LogP contribution in [0.2, 0.25) is 0 Å². The molecule has 0 unspecified atom stereocenters. The normalized spacial score (nSPS) is 10.6. The van der Waals surface area contributed by atoms with E-state index in [2.05, 4.69) is 42.3 Å². The fraction of sp³-hybridized carbons (Fsp3) is 0.389. The van der Waals surface area contributed by atoms with Gasteiger partial charge in [0.1, 0.15) is 5.75 Å². The Morgan fingerprint density at radius 3 is 2.62 bits per heavy atom. The molecule has 2 rings (SSSR count). The van der Waals surface area contributed by atoms with Crippen LogP contribution in [0.1, 0.15) is 36.6 Å². The van der Waals surface area contributed by atoms with Crippen LogP contribution >= 0.6 is 0 Å². The summed E-state index contributed by atoms with van der Waals surface area (Å²) in [6, 6.07) is 12.4. The lowest BCUT2D eigenvalue weighted by Crippen LogP contribution is -2.14. The highest BCUT2D eigenvalue weighted by molar-refractivity contribution is 5.27. The molecule has 3 nitrogen and oxygen atoms in total. The Bertz CT molecular complexity index is 537. The minimum Gasteiger partial charge on any atom is -0.494 e. The molecule has 21 heavy (non-hydrogen) atoms. The summed E-state index contributed by atoms with van der Waals surface area (Å²) < 4.78 is 5.66. The van der Waals surface area contributed by atoms with E-state index in [1.165, 1.54) is 11.1 Å². The molecule has 0 spiro atoms. The molecule has 1 N–H and O–H groups in total. The molecule has 0 amide bonds. The number of rotatable bonds is 8. The van der Waals surface area contributed by atoms with Gasteiger partial charge in [0.2, 0.25) is 0 Å². The van der Waals surface area contributed by atoms with Crippen molar-refractivity contribution in [3.8, 4) is 5.75 Å². The summed E-state index contributed by atoms with van der Waals surface area (Å²) in [4.78, 5) is 4.38.